The van der Waals surface area contributed by atoms with Gasteiger partial charge in [0.1, 0.15) is 0 Å². The first kappa shape index (κ1) is 11.1. The minimum atomic E-state index is -0.560. The maximum absolute atomic E-state index is 10.5. The van der Waals surface area contributed by atoms with Crippen molar-refractivity contribution in [3.05, 3.63) is 29.8 Å². The maximum atomic E-state index is 10.5. The summed E-state index contributed by atoms with van der Waals surface area (Å²) >= 11 is 0. The van der Waals surface area contributed by atoms with Crippen molar-refractivity contribution in [2.24, 2.45) is 0 Å². The summed E-state index contributed by atoms with van der Waals surface area (Å²) in [6.45, 7) is 3.15. The maximum Gasteiger partial charge on any atom is 0.0865 e. The second-order valence-corrected chi connectivity index (χ2v) is 5.14. The first-order chi connectivity index (χ1) is 8.27. The average molecular weight is 233 g/mol. The molecule has 0 saturated carbocycles. The molecule has 0 unspecified atom stereocenters. The van der Waals surface area contributed by atoms with Crippen LogP contribution in [0.3, 0.4) is 0 Å². The van der Waals surface area contributed by atoms with Gasteiger partial charge in [0.15, 0.2) is 0 Å². The summed E-state index contributed by atoms with van der Waals surface area (Å²) in [7, 11) is 0. The number of anilines is 1. The third-order valence-corrected chi connectivity index (χ3v) is 3.89. The molecule has 3 rings (SSSR count). The fraction of sp³-hybridized carbons (Fsp3) is 0.571. The van der Waals surface area contributed by atoms with E-state index in [4.69, 9.17) is 4.74 Å². The number of aliphatic hydroxyl groups is 1. The molecule has 0 amide bonds. The summed E-state index contributed by atoms with van der Waals surface area (Å²) in [4.78, 5) is 2.32. The van der Waals surface area contributed by atoms with Gasteiger partial charge < -0.3 is 14.7 Å². The van der Waals surface area contributed by atoms with E-state index in [2.05, 4.69) is 29.2 Å². The van der Waals surface area contributed by atoms with Gasteiger partial charge in [0.25, 0.3) is 0 Å². The van der Waals surface area contributed by atoms with Crippen molar-refractivity contribution in [1.82, 2.24) is 0 Å². The molecule has 1 aromatic rings. The second kappa shape index (κ2) is 4.31. The lowest BCUT2D eigenvalue weighted by atomic mass is 9.94. The van der Waals surface area contributed by atoms with E-state index < -0.39 is 5.60 Å². The van der Waals surface area contributed by atoms with Gasteiger partial charge in [-0.2, -0.15) is 0 Å². The lowest BCUT2D eigenvalue weighted by Gasteiger charge is -2.36. The number of hydrogen-bond donors (Lipinski definition) is 1. The molecule has 0 bridgehead atoms. The van der Waals surface area contributed by atoms with E-state index in [0.29, 0.717) is 13.2 Å². The number of para-hydroxylation sites is 1. The first-order valence-electron chi connectivity index (χ1n) is 6.40. The normalized spacial score (nSPS) is 22.5. The highest BCUT2D eigenvalue weighted by Crippen LogP contribution is 2.31. The number of nitrogens with zero attached hydrogens (tertiary/aromatic N) is 1. The molecule has 3 heteroatoms. The molecule has 2 heterocycles. The quantitative estimate of drug-likeness (QED) is 0.842. The van der Waals surface area contributed by atoms with Crippen LogP contribution in [0, 0.1) is 0 Å². The average Bonchev–Trinajstić information content (AvgIpc) is 2.73. The fourth-order valence-corrected chi connectivity index (χ4v) is 2.84. The van der Waals surface area contributed by atoms with Crippen molar-refractivity contribution in [1.29, 1.82) is 0 Å². The van der Waals surface area contributed by atoms with Crippen LogP contribution < -0.4 is 4.90 Å². The molecule has 17 heavy (non-hydrogen) atoms. The minimum Gasteiger partial charge on any atom is -0.388 e. The lowest BCUT2D eigenvalue weighted by molar-refractivity contribution is -0.0575. The Balaban J connectivity index is 1.74. The van der Waals surface area contributed by atoms with Crippen LogP contribution in [0.25, 0.3) is 0 Å². The summed E-state index contributed by atoms with van der Waals surface area (Å²) in [5.41, 5.74) is 2.14. The van der Waals surface area contributed by atoms with E-state index >= 15 is 0 Å². The van der Waals surface area contributed by atoms with Crippen LogP contribution in [-0.4, -0.2) is 37.0 Å². The van der Waals surface area contributed by atoms with Gasteiger partial charge in [0, 0.05) is 44.8 Å². The highest BCUT2D eigenvalue weighted by atomic mass is 16.5. The standard InChI is InChI=1S/C14H19NO2/c16-14(6-9-17-10-7-14)11-15-8-5-12-3-1-2-4-13(12)15/h1-4,16H,5-11H2. The predicted molar refractivity (Wildman–Crippen MR) is 67.4 cm³/mol. The van der Waals surface area contributed by atoms with E-state index in [1.807, 2.05) is 0 Å². The number of rotatable bonds is 2. The molecule has 0 atom stereocenters. The van der Waals surface area contributed by atoms with Crippen molar-refractivity contribution >= 4 is 5.69 Å². The molecule has 1 saturated heterocycles. The minimum absolute atomic E-state index is 0.560. The SMILES string of the molecule is OC1(CN2CCc3ccccc32)CCOCC1. The van der Waals surface area contributed by atoms with Crippen molar-refractivity contribution in [2.75, 3.05) is 31.2 Å². The van der Waals surface area contributed by atoms with Crippen LogP contribution in [0.2, 0.25) is 0 Å². The summed E-state index contributed by atoms with van der Waals surface area (Å²) in [5.74, 6) is 0. The van der Waals surface area contributed by atoms with E-state index in [-0.39, 0.29) is 0 Å². The molecule has 0 radical (unpaired) electrons. The number of benzene rings is 1. The van der Waals surface area contributed by atoms with Gasteiger partial charge in [0.05, 0.1) is 5.60 Å². The third kappa shape index (κ3) is 2.17. The third-order valence-electron chi connectivity index (χ3n) is 3.89. The molecule has 1 aromatic carbocycles. The van der Waals surface area contributed by atoms with Crippen LogP contribution in [-0.2, 0) is 11.2 Å². The smallest absolute Gasteiger partial charge is 0.0865 e. The van der Waals surface area contributed by atoms with E-state index in [1.54, 1.807) is 0 Å². The molecule has 0 aliphatic carbocycles. The van der Waals surface area contributed by atoms with Crippen LogP contribution >= 0.6 is 0 Å². The Morgan fingerprint density at radius 2 is 2.00 bits per heavy atom. The fourth-order valence-electron chi connectivity index (χ4n) is 2.84. The monoisotopic (exact) mass is 233 g/mol. The van der Waals surface area contributed by atoms with Gasteiger partial charge in [-0.15, -0.1) is 0 Å². The number of ether oxygens (including phenoxy) is 1. The zero-order chi connectivity index (χ0) is 11.7. The molecule has 0 aromatic heterocycles. The number of β-amino-alcohol motifs (C(OH)–C–C–N with tert-alkyl or cyclic N) is 1. The molecule has 0 spiro atoms. The van der Waals surface area contributed by atoms with Crippen molar-refractivity contribution in [3.8, 4) is 0 Å². The Kier molecular flexibility index (Phi) is 2.81. The van der Waals surface area contributed by atoms with Gasteiger partial charge in [-0.25, -0.2) is 0 Å². The zero-order valence-corrected chi connectivity index (χ0v) is 10.1. The molecule has 1 fully saturated rings. The topological polar surface area (TPSA) is 32.7 Å². The Hall–Kier alpha value is -1.06. The number of fused-ring (bicyclic) bond motifs is 1. The Morgan fingerprint density at radius 3 is 2.82 bits per heavy atom. The Labute approximate surface area is 102 Å². The largest absolute Gasteiger partial charge is 0.388 e. The van der Waals surface area contributed by atoms with Crippen molar-refractivity contribution in [3.63, 3.8) is 0 Å². The molecule has 3 nitrogen and oxygen atoms in total. The van der Waals surface area contributed by atoms with Crippen molar-refractivity contribution in [2.45, 2.75) is 24.9 Å². The van der Waals surface area contributed by atoms with Gasteiger partial charge in [-0.3, -0.25) is 0 Å². The Morgan fingerprint density at radius 1 is 1.24 bits per heavy atom. The van der Waals surface area contributed by atoms with Crippen LogP contribution in [0.4, 0.5) is 5.69 Å². The summed E-state index contributed by atoms with van der Waals surface area (Å²) in [5, 5.41) is 10.5. The van der Waals surface area contributed by atoms with Gasteiger partial charge >= 0.3 is 0 Å². The number of hydrogen-bond acceptors (Lipinski definition) is 3. The first-order valence-corrected chi connectivity index (χ1v) is 6.40. The molecule has 1 N–H and O–H groups in total. The Bertz CT molecular complexity index is 399. The second-order valence-electron chi connectivity index (χ2n) is 5.14. The zero-order valence-electron chi connectivity index (χ0n) is 10.1. The van der Waals surface area contributed by atoms with E-state index in [0.717, 1.165) is 32.4 Å². The molecule has 2 aliphatic heterocycles. The summed E-state index contributed by atoms with van der Waals surface area (Å²) in [6, 6.07) is 8.51. The van der Waals surface area contributed by atoms with Crippen LogP contribution in [0.1, 0.15) is 18.4 Å². The molecular weight excluding hydrogens is 214 g/mol. The van der Waals surface area contributed by atoms with Crippen LogP contribution in [0.5, 0.6) is 0 Å². The van der Waals surface area contributed by atoms with Crippen LogP contribution in [0.15, 0.2) is 24.3 Å². The summed E-state index contributed by atoms with van der Waals surface area (Å²) < 4.78 is 5.32. The van der Waals surface area contributed by atoms with Gasteiger partial charge in [0.2, 0.25) is 0 Å². The van der Waals surface area contributed by atoms with Gasteiger partial charge in [-0.1, -0.05) is 18.2 Å². The van der Waals surface area contributed by atoms with E-state index in [1.165, 1.54) is 11.3 Å². The summed E-state index contributed by atoms with van der Waals surface area (Å²) in [6.07, 6.45) is 2.61. The highest BCUT2D eigenvalue weighted by Gasteiger charge is 2.33. The highest BCUT2D eigenvalue weighted by molar-refractivity contribution is 5.58. The van der Waals surface area contributed by atoms with E-state index in [9.17, 15) is 5.11 Å². The molecule has 92 valence electrons. The van der Waals surface area contributed by atoms with Gasteiger partial charge in [-0.05, 0) is 18.1 Å². The van der Waals surface area contributed by atoms with Crippen molar-refractivity contribution < 1.29 is 9.84 Å². The predicted octanol–water partition coefficient (Wildman–Crippen LogP) is 1.59. The lowest BCUT2D eigenvalue weighted by Crippen LogP contribution is -2.46. The molecular formula is C14H19NO2. The molecule has 2 aliphatic rings.